The molecule has 2 heterocycles. The van der Waals surface area contributed by atoms with E-state index in [-0.39, 0.29) is 12.6 Å². The lowest BCUT2D eigenvalue weighted by Crippen LogP contribution is -2.46. The summed E-state index contributed by atoms with van der Waals surface area (Å²) >= 11 is 0. The normalized spacial score (nSPS) is 19.4. The van der Waals surface area contributed by atoms with Gasteiger partial charge in [0.25, 0.3) is 5.97 Å². The Hall–Kier alpha value is -3.95. The van der Waals surface area contributed by atoms with Crippen molar-refractivity contribution in [2.45, 2.75) is 44.2 Å². The molecule has 1 saturated carbocycles. The molecule has 2 aromatic carbocycles. The average molecular weight is 490 g/mol. The highest BCUT2D eigenvalue weighted by atomic mass is 16.5. The van der Waals surface area contributed by atoms with Gasteiger partial charge in [-0.25, -0.2) is 9.97 Å². The number of benzene rings is 2. The number of ether oxygens (including phenoxy) is 1. The number of rotatable bonds is 5. The minimum Gasteiger partial charge on any atom is -0.481 e. The van der Waals surface area contributed by atoms with Crippen LogP contribution in [0.4, 0.5) is 5.82 Å². The van der Waals surface area contributed by atoms with Gasteiger partial charge in [-0.05, 0) is 55.5 Å². The zero-order valence-corrected chi connectivity index (χ0v) is 20.2. The number of fused-ring (bicyclic) bond motifs is 1. The Kier molecular flexibility index (Phi) is 7.52. The molecule has 9 heteroatoms. The Labute approximate surface area is 209 Å². The molecule has 0 amide bonds. The Morgan fingerprint density at radius 3 is 2.31 bits per heavy atom. The fraction of sp³-hybridized carbons (Fsp3) is 0.296. The number of hydrogen-bond acceptors (Lipinski definition) is 7. The van der Waals surface area contributed by atoms with Crippen molar-refractivity contribution in [1.29, 1.82) is 0 Å². The van der Waals surface area contributed by atoms with Crippen LogP contribution in [0.5, 0.6) is 11.5 Å². The highest BCUT2D eigenvalue weighted by molar-refractivity contribution is 6.00. The number of carboxylic acid groups (broad SMARTS) is 1. The van der Waals surface area contributed by atoms with Gasteiger partial charge in [-0.2, -0.15) is 0 Å². The number of carboxylic acids is 1. The highest BCUT2D eigenvalue weighted by Crippen LogP contribution is 2.40. The number of nitrogen functional groups attached to an aromatic ring is 1. The molecule has 0 radical (unpaired) electrons. The van der Waals surface area contributed by atoms with Crippen LogP contribution in [-0.2, 0) is 4.79 Å². The van der Waals surface area contributed by atoms with Crippen LogP contribution in [0.1, 0.15) is 38.6 Å². The van der Waals surface area contributed by atoms with Gasteiger partial charge in [0.05, 0.1) is 12.0 Å². The molecular weight excluding hydrogens is 458 g/mol. The molecule has 0 atom stereocenters. The first kappa shape index (κ1) is 25.2. The number of carbonyl (C=O) groups is 1. The molecule has 1 aliphatic carbocycles. The maximum atomic E-state index is 9.60. The summed E-state index contributed by atoms with van der Waals surface area (Å²) < 4.78 is 8.13. The number of nitrogens with zero attached hydrogens (tertiary/aromatic N) is 3. The van der Waals surface area contributed by atoms with E-state index < -0.39 is 11.5 Å². The summed E-state index contributed by atoms with van der Waals surface area (Å²) in [6.07, 6.45) is 6.95. The number of aliphatic hydroxyl groups excluding tert-OH is 1. The minimum absolute atomic E-state index is 0.0178. The average Bonchev–Trinajstić information content (AvgIpc) is 3.26. The predicted octanol–water partition coefficient (Wildman–Crippen LogP) is 4.37. The standard InChI is InChI=1S/C25H27N5O2.C2H4O2/c26-23-22-21(17-6-8-20(9-7-17)32-19-4-2-1-3-5-19)14-30(24(22)29-16-28-23)18-10-12-25(27,15-31)13-11-18;1-2(3)4/h1-9,14,16,18,31H,10-13,15,27H2,(H2,26,28,29);1H3,(H,3,4). The summed E-state index contributed by atoms with van der Waals surface area (Å²) in [4.78, 5) is 17.8. The van der Waals surface area contributed by atoms with Crippen LogP contribution in [0.3, 0.4) is 0 Å². The van der Waals surface area contributed by atoms with Crippen LogP contribution in [0, 0.1) is 0 Å². The number of para-hydroxylation sites is 1. The van der Waals surface area contributed by atoms with Gasteiger partial charge in [0.15, 0.2) is 0 Å². The summed E-state index contributed by atoms with van der Waals surface area (Å²) in [5.41, 5.74) is 14.9. The third-order valence-electron chi connectivity index (χ3n) is 6.44. The quantitative estimate of drug-likeness (QED) is 0.323. The van der Waals surface area contributed by atoms with Gasteiger partial charge in [0, 0.05) is 30.3 Å². The zero-order chi connectivity index (χ0) is 25.7. The maximum absolute atomic E-state index is 9.60. The minimum atomic E-state index is -0.833. The van der Waals surface area contributed by atoms with Crippen molar-refractivity contribution in [2.24, 2.45) is 5.73 Å². The van der Waals surface area contributed by atoms with E-state index in [1.807, 2.05) is 54.6 Å². The number of aliphatic carboxylic acids is 1. The molecule has 0 unspecified atom stereocenters. The lowest BCUT2D eigenvalue weighted by molar-refractivity contribution is -0.134. The van der Waals surface area contributed by atoms with Gasteiger partial charge in [-0.15, -0.1) is 0 Å². The maximum Gasteiger partial charge on any atom is 0.300 e. The van der Waals surface area contributed by atoms with E-state index in [1.165, 1.54) is 6.33 Å². The molecule has 0 aliphatic heterocycles. The monoisotopic (exact) mass is 489 g/mol. The van der Waals surface area contributed by atoms with Crippen molar-refractivity contribution in [1.82, 2.24) is 14.5 Å². The molecule has 0 spiro atoms. The largest absolute Gasteiger partial charge is 0.481 e. The molecule has 5 rings (SSSR count). The fourth-order valence-electron chi connectivity index (χ4n) is 4.55. The molecule has 2 aromatic heterocycles. The lowest BCUT2D eigenvalue weighted by Gasteiger charge is -2.36. The van der Waals surface area contributed by atoms with Crippen molar-refractivity contribution in [3.8, 4) is 22.6 Å². The van der Waals surface area contributed by atoms with Crippen molar-refractivity contribution < 1.29 is 19.7 Å². The van der Waals surface area contributed by atoms with Crippen LogP contribution in [0.2, 0.25) is 0 Å². The van der Waals surface area contributed by atoms with E-state index in [4.69, 9.17) is 26.1 Å². The van der Waals surface area contributed by atoms with Gasteiger partial charge in [0.2, 0.25) is 0 Å². The van der Waals surface area contributed by atoms with Crippen LogP contribution in [0.25, 0.3) is 22.2 Å². The Bertz CT molecular complexity index is 1310. The molecule has 6 N–H and O–H groups in total. The second kappa shape index (κ2) is 10.8. The van der Waals surface area contributed by atoms with Crippen molar-refractivity contribution in [3.05, 3.63) is 67.1 Å². The van der Waals surface area contributed by atoms with Gasteiger partial charge in [-0.1, -0.05) is 30.3 Å². The summed E-state index contributed by atoms with van der Waals surface area (Å²) in [7, 11) is 0. The third kappa shape index (κ3) is 5.64. The van der Waals surface area contributed by atoms with Crippen LogP contribution in [-0.4, -0.2) is 42.9 Å². The second-order valence-corrected chi connectivity index (χ2v) is 9.12. The van der Waals surface area contributed by atoms with E-state index in [9.17, 15) is 5.11 Å². The van der Waals surface area contributed by atoms with Gasteiger partial charge in [-0.3, -0.25) is 4.79 Å². The Morgan fingerprint density at radius 2 is 1.69 bits per heavy atom. The summed E-state index contributed by atoms with van der Waals surface area (Å²) in [5.74, 6) is 1.20. The molecule has 4 aromatic rings. The molecular formula is C27H31N5O4. The molecule has 9 nitrogen and oxygen atoms in total. The first-order valence-corrected chi connectivity index (χ1v) is 11.8. The fourth-order valence-corrected chi connectivity index (χ4v) is 4.55. The molecule has 1 aliphatic rings. The summed E-state index contributed by atoms with van der Waals surface area (Å²) in [6.45, 7) is 1.10. The van der Waals surface area contributed by atoms with Crippen molar-refractivity contribution in [3.63, 3.8) is 0 Å². The van der Waals surface area contributed by atoms with Crippen LogP contribution in [0.15, 0.2) is 67.1 Å². The van der Waals surface area contributed by atoms with Gasteiger partial charge in [0.1, 0.15) is 29.3 Å². The van der Waals surface area contributed by atoms with Gasteiger partial charge >= 0.3 is 0 Å². The van der Waals surface area contributed by atoms with Crippen LogP contribution < -0.4 is 16.2 Å². The molecule has 36 heavy (non-hydrogen) atoms. The zero-order valence-electron chi connectivity index (χ0n) is 20.2. The van der Waals surface area contributed by atoms with E-state index >= 15 is 0 Å². The first-order valence-electron chi connectivity index (χ1n) is 11.8. The number of nitrogens with two attached hydrogens (primary N) is 2. The van der Waals surface area contributed by atoms with E-state index in [0.717, 1.165) is 66.3 Å². The number of hydrogen-bond donors (Lipinski definition) is 4. The summed E-state index contributed by atoms with van der Waals surface area (Å²) in [5, 5.41) is 17.9. The topological polar surface area (TPSA) is 150 Å². The lowest BCUT2D eigenvalue weighted by atomic mass is 9.80. The number of aromatic nitrogens is 3. The van der Waals surface area contributed by atoms with Crippen molar-refractivity contribution >= 4 is 22.8 Å². The van der Waals surface area contributed by atoms with E-state index in [2.05, 4.69) is 20.7 Å². The Balaban J connectivity index is 0.000000709. The SMILES string of the molecule is CC(=O)O.Nc1ncnc2c1c(-c1ccc(Oc3ccccc3)cc1)cn2C1CCC(N)(CO)CC1. The number of aliphatic hydroxyl groups is 1. The molecule has 1 fully saturated rings. The molecule has 188 valence electrons. The predicted molar refractivity (Wildman–Crippen MR) is 139 cm³/mol. The van der Waals surface area contributed by atoms with E-state index in [1.54, 1.807) is 0 Å². The van der Waals surface area contributed by atoms with Crippen molar-refractivity contribution in [2.75, 3.05) is 12.3 Å². The summed E-state index contributed by atoms with van der Waals surface area (Å²) in [6, 6.07) is 17.9. The molecule has 0 bridgehead atoms. The van der Waals surface area contributed by atoms with E-state index in [0.29, 0.717) is 5.82 Å². The van der Waals surface area contributed by atoms with Gasteiger partial charge < -0.3 is 31.0 Å². The molecule has 0 saturated heterocycles. The Morgan fingerprint density at radius 1 is 1.08 bits per heavy atom. The second-order valence-electron chi connectivity index (χ2n) is 9.12. The van der Waals surface area contributed by atoms with Crippen LogP contribution >= 0.6 is 0 Å². The highest BCUT2D eigenvalue weighted by Gasteiger charge is 2.32. The smallest absolute Gasteiger partial charge is 0.300 e. The number of anilines is 1. The first-order chi connectivity index (χ1) is 17.3. The third-order valence-corrected chi connectivity index (χ3v) is 6.44.